The number of hydrogen-bond acceptors (Lipinski definition) is 2. The fourth-order valence-corrected chi connectivity index (χ4v) is 2.38. The van der Waals surface area contributed by atoms with E-state index in [-0.39, 0.29) is 0 Å². The molecule has 0 aliphatic carbocycles. The minimum atomic E-state index is 1.13. The van der Waals surface area contributed by atoms with Gasteiger partial charge >= 0.3 is 0 Å². The molecule has 0 saturated carbocycles. The van der Waals surface area contributed by atoms with Crippen LogP contribution in [0.4, 0.5) is 0 Å². The molecule has 0 amide bonds. The predicted molar refractivity (Wildman–Crippen MR) is 59.4 cm³/mol. The second-order valence-electron chi connectivity index (χ2n) is 2.53. The van der Waals surface area contributed by atoms with Crippen molar-refractivity contribution in [1.82, 2.24) is 0 Å². The van der Waals surface area contributed by atoms with Crippen LogP contribution in [0.25, 0.3) is 0 Å². The van der Waals surface area contributed by atoms with Crippen LogP contribution in [0, 0.1) is 0 Å². The normalized spacial score (nSPS) is 10.2. The first-order valence-electron chi connectivity index (χ1n) is 4.02. The summed E-state index contributed by atoms with van der Waals surface area (Å²) in [6.07, 6.45) is 5.38. The zero-order valence-electron chi connectivity index (χ0n) is 7.76. The molecule has 66 valence electrons. The van der Waals surface area contributed by atoms with Gasteiger partial charge in [0.2, 0.25) is 0 Å². The average molecular weight is 198 g/mol. The summed E-state index contributed by atoms with van der Waals surface area (Å²) in [4.78, 5) is 2.78. The monoisotopic (exact) mass is 198 g/mol. The third kappa shape index (κ3) is 2.20. The second kappa shape index (κ2) is 4.83. The molecule has 0 aromatic heterocycles. The molecule has 0 bridgehead atoms. The maximum Gasteiger partial charge on any atom is 0.0112 e. The summed E-state index contributed by atoms with van der Waals surface area (Å²) in [5.74, 6) is 0. The fraction of sp³-hybridized carbons (Fsp3) is 0.400. The van der Waals surface area contributed by atoms with Gasteiger partial charge in [0.1, 0.15) is 0 Å². The molecule has 1 rings (SSSR count). The highest BCUT2D eigenvalue weighted by atomic mass is 32.2. The molecule has 12 heavy (non-hydrogen) atoms. The molecule has 0 radical (unpaired) electrons. The summed E-state index contributed by atoms with van der Waals surface area (Å²) >= 11 is 3.64. The van der Waals surface area contributed by atoms with Crippen LogP contribution in [-0.4, -0.2) is 12.5 Å². The van der Waals surface area contributed by atoms with E-state index in [9.17, 15) is 0 Å². The molecule has 0 nitrogen and oxygen atoms in total. The van der Waals surface area contributed by atoms with E-state index in [4.69, 9.17) is 0 Å². The van der Waals surface area contributed by atoms with Crippen molar-refractivity contribution in [2.75, 3.05) is 12.5 Å². The van der Waals surface area contributed by atoms with E-state index < -0.39 is 0 Å². The molecular weight excluding hydrogens is 184 g/mol. The van der Waals surface area contributed by atoms with Crippen LogP contribution in [0.3, 0.4) is 0 Å². The number of aryl methyl sites for hydroxylation is 1. The minimum Gasteiger partial charge on any atom is -0.130 e. The summed E-state index contributed by atoms with van der Waals surface area (Å²) < 4.78 is 0. The molecule has 1 aromatic carbocycles. The van der Waals surface area contributed by atoms with Crippen molar-refractivity contribution < 1.29 is 0 Å². The Morgan fingerprint density at radius 3 is 2.42 bits per heavy atom. The van der Waals surface area contributed by atoms with Gasteiger partial charge in [-0.15, -0.1) is 23.5 Å². The molecule has 0 atom stereocenters. The lowest BCUT2D eigenvalue weighted by atomic mass is 10.2. The predicted octanol–water partition coefficient (Wildman–Crippen LogP) is 3.69. The molecule has 2 heteroatoms. The Morgan fingerprint density at radius 1 is 1.17 bits per heavy atom. The van der Waals surface area contributed by atoms with Crippen LogP contribution < -0.4 is 0 Å². The van der Waals surface area contributed by atoms with Gasteiger partial charge in [-0.2, -0.15) is 0 Å². The van der Waals surface area contributed by atoms with Crippen LogP contribution in [0.15, 0.2) is 28.0 Å². The van der Waals surface area contributed by atoms with Crippen molar-refractivity contribution in [2.24, 2.45) is 0 Å². The van der Waals surface area contributed by atoms with E-state index in [0.717, 1.165) is 6.42 Å². The van der Waals surface area contributed by atoms with Crippen molar-refractivity contribution in [3.63, 3.8) is 0 Å². The highest BCUT2D eigenvalue weighted by Gasteiger charge is 1.99. The molecule has 0 heterocycles. The molecule has 1 aromatic rings. The van der Waals surface area contributed by atoms with Gasteiger partial charge in [-0.05, 0) is 36.6 Å². The highest BCUT2D eigenvalue weighted by molar-refractivity contribution is 7.99. The fourth-order valence-electron chi connectivity index (χ4n) is 1.14. The Kier molecular flexibility index (Phi) is 4.02. The third-order valence-corrected chi connectivity index (χ3v) is 3.42. The van der Waals surface area contributed by atoms with Crippen molar-refractivity contribution >= 4 is 23.5 Å². The van der Waals surface area contributed by atoms with Gasteiger partial charge in [0.15, 0.2) is 0 Å². The first-order valence-corrected chi connectivity index (χ1v) is 6.47. The highest BCUT2D eigenvalue weighted by Crippen LogP contribution is 2.26. The van der Waals surface area contributed by atoms with Crippen molar-refractivity contribution in [1.29, 1.82) is 0 Å². The van der Waals surface area contributed by atoms with Gasteiger partial charge in [0, 0.05) is 9.79 Å². The molecule has 0 saturated heterocycles. The quantitative estimate of drug-likeness (QED) is 0.679. The first-order chi connectivity index (χ1) is 5.81. The number of thioether (sulfide) groups is 2. The summed E-state index contributed by atoms with van der Waals surface area (Å²) in [5, 5.41) is 0. The summed E-state index contributed by atoms with van der Waals surface area (Å²) in [5.41, 5.74) is 1.46. The molecule has 0 N–H and O–H groups in total. The lowest BCUT2D eigenvalue weighted by Crippen LogP contribution is -1.84. The van der Waals surface area contributed by atoms with Crippen LogP contribution in [0.2, 0.25) is 0 Å². The van der Waals surface area contributed by atoms with Crippen molar-refractivity contribution in [2.45, 2.75) is 23.1 Å². The summed E-state index contributed by atoms with van der Waals surface area (Å²) in [6, 6.07) is 6.70. The lowest BCUT2D eigenvalue weighted by molar-refractivity contribution is 1.07. The van der Waals surface area contributed by atoms with E-state index in [1.54, 1.807) is 11.8 Å². The van der Waals surface area contributed by atoms with Crippen LogP contribution in [0.1, 0.15) is 12.5 Å². The number of hydrogen-bond donors (Lipinski definition) is 0. The van der Waals surface area contributed by atoms with Crippen molar-refractivity contribution in [3.05, 3.63) is 23.8 Å². The maximum absolute atomic E-state index is 2.27. The number of rotatable bonds is 3. The van der Waals surface area contributed by atoms with Gasteiger partial charge in [-0.25, -0.2) is 0 Å². The molecule has 0 spiro atoms. The Balaban J connectivity index is 3.02. The molecule has 0 unspecified atom stereocenters. The van der Waals surface area contributed by atoms with Gasteiger partial charge in [0.25, 0.3) is 0 Å². The van der Waals surface area contributed by atoms with E-state index in [2.05, 4.69) is 37.6 Å². The Morgan fingerprint density at radius 2 is 1.92 bits per heavy atom. The standard InChI is InChI=1S/C10H14S2/c1-4-8-5-6-9(11-2)7-10(8)12-3/h5-7H,4H2,1-3H3. The van der Waals surface area contributed by atoms with E-state index in [1.165, 1.54) is 15.4 Å². The molecule has 0 aliphatic rings. The lowest BCUT2D eigenvalue weighted by Gasteiger charge is -2.06. The van der Waals surface area contributed by atoms with Gasteiger partial charge < -0.3 is 0 Å². The van der Waals surface area contributed by atoms with Gasteiger partial charge in [-0.1, -0.05) is 13.0 Å². The zero-order valence-corrected chi connectivity index (χ0v) is 9.39. The van der Waals surface area contributed by atoms with Gasteiger partial charge in [0.05, 0.1) is 0 Å². The topological polar surface area (TPSA) is 0 Å². The zero-order chi connectivity index (χ0) is 8.97. The van der Waals surface area contributed by atoms with Crippen LogP contribution in [-0.2, 0) is 6.42 Å². The largest absolute Gasteiger partial charge is 0.130 e. The van der Waals surface area contributed by atoms with Crippen LogP contribution in [0.5, 0.6) is 0 Å². The minimum absolute atomic E-state index is 1.13. The molecular formula is C10H14S2. The van der Waals surface area contributed by atoms with Crippen LogP contribution >= 0.6 is 23.5 Å². The number of benzene rings is 1. The molecule has 0 aliphatic heterocycles. The second-order valence-corrected chi connectivity index (χ2v) is 4.26. The van der Waals surface area contributed by atoms with Crippen molar-refractivity contribution in [3.8, 4) is 0 Å². The molecule has 0 fully saturated rings. The smallest absolute Gasteiger partial charge is 0.0112 e. The Bertz CT molecular complexity index is 256. The average Bonchev–Trinajstić information content (AvgIpc) is 2.16. The van der Waals surface area contributed by atoms with E-state index >= 15 is 0 Å². The summed E-state index contributed by atoms with van der Waals surface area (Å²) in [6.45, 7) is 2.20. The third-order valence-electron chi connectivity index (χ3n) is 1.88. The SMILES string of the molecule is CCc1ccc(SC)cc1SC. The maximum atomic E-state index is 2.27. The Labute approximate surface area is 83.1 Å². The van der Waals surface area contributed by atoms with E-state index in [0.29, 0.717) is 0 Å². The van der Waals surface area contributed by atoms with Gasteiger partial charge in [-0.3, -0.25) is 0 Å². The summed E-state index contributed by atoms with van der Waals surface area (Å²) in [7, 11) is 0. The van der Waals surface area contributed by atoms with E-state index in [1.807, 2.05) is 11.8 Å². The first kappa shape index (κ1) is 10.0. The Hall–Kier alpha value is -0.0800.